The van der Waals surface area contributed by atoms with Crippen molar-refractivity contribution in [1.82, 2.24) is 20.0 Å². The molecule has 10 nitrogen and oxygen atoms in total. The SMILES string of the molecule is [C-]#[N+]c1ccc(Cl)cc1S[C@H]1OC2COC(c3ccccc3)O[C@@H]2[C@H](n2cc(-c3csc(N)n3)nn2)C1OC. The summed E-state index contributed by atoms with van der Waals surface area (Å²) in [6, 6.07) is 14.5. The first-order valence-corrected chi connectivity index (χ1v) is 14.1. The molecule has 6 atom stereocenters. The van der Waals surface area contributed by atoms with E-state index in [9.17, 15) is 0 Å². The van der Waals surface area contributed by atoms with E-state index in [1.807, 2.05) is 41.9 Å². The van der Waals surface area contributed by atoms with Gasteiger partial charge in [0, 0.05) is 28.0 Å². The van der Waals surface area contributed by atoms with E-state index in [4.69, 9.17) is 42.9 Å². The third-order valence-electron chi connectivity index (χ3n) is 6.54. The molecular weight excluding hydrogens is 560 g/mol. The predicted molar refractivity (Wildman–Crippen MR) is 148 cm³/mol. The summed E-state index contributed by atoms with van der Waals surface area (Å²) in [6.07, 6.45) is -0.200. The average Bonchev–Trinajstić information content (AvgIpc) is 3.62. The van der Waals surface area contributed by atoms with Crippen LogP contribution in [0.15, 0.2) is 65.0 Å². The molecule has 2 aliphatic heterocycles. The molecule has 2 aromatic carbocycles. The molecule has 0 bridgehead atoms. The molecule has 200 valence electrons. The van der Waals surface area contributed by atoms with Crippen molar-refractivity contribution in [2.75, 3.05) is 19.5 Å². The number of fused-ring (bicyclic) bond motifs is 1. The maximum Gasteiger partial charge on any atom is 0.200 e. The fourth-order valence-corrected chi connectivity index (χ4v) is 6.82. The van der Waals surface area contributed by atoms with Gasteiger partial charge in [0.1, 0.15) is 41.2 Å². The van der Waals surface area contributed by atoms with Gasteiger partial charge in [0.05, 0.1) is 19.4 Å². The van der Waals surface area contributed by atoms with E-state index in [1.54, 1.807) is 30.0 Å². The van der Waals surface area contributed by atoms with Gasteiger partial charge in [-0.25, -0.2) is 14.5 Å². The van der Waals surface area contributed by atoms with Crippen LogP contribution in [-0.4, -0.2) is 57.4 Å². The minimum atomic E-state index is -0.580. The molecule has 6 rings (SSSR count). The van der Waals surface area contributed by atoms with Crippen LogP contribution in [0.5, 0.6) is 0 Å². The Morgan fingerprint density at radius 1 is 1.21 bits per heavy atom. The number of aromatic nitrogens is 4. The number of ether oxygens (including phenoxy) is 4. The zero-order chi connectivity index (χ0) is 26.9. The molecule has 2 N–H and O–H groups in total. The van der Waals surface area contributed by atoms with Gasteiger partial charge in [0.2, 0.25) is 5.69 Å². The maximum atomic E-state index is 7.60. The first-order chi connectivity index (χ1) is 19.0. The van der Waals surface area contributed by atoms with Gasteiger partial charge in [-0.3, -0.25) is 0 Å². The summed E-state index contributed by atoms with van der Waals surface area (Å²) >= 11 is 8.98. The van der Waals surface area contributed by atoms with Gasteiger partial charge in [0.15, 0.2) is 11.4 Å². The number of nitrogens with zero attached hydrogens (tertiary/aromatic N) is 5. The molecule has 2 saturated heterocycles. The highest BCUT2D eigenvalue weighted by atomic mass is 35.5. The summed E-state index contributed by atoms with van der Waals surface area (Å²) in [4.78, 5) is 8.68. The van der Waals surface area contributed by atoms with Crippen molar-refractivity contribution in [3.8, 4) is 11.4 Å². The maximum absolute atomic E-state index is 7.60. The number of rotatable bonds is 6. The number of anilines is 1. The molecule has 2 fully saturated rings. The minimum absolute atomic E-state index is 0.295. The molecular formula is C26H23ClN6O4S2. The Kier molecular flexibility index (Phi) is 7.55. The zero-order valence-corrected chi connectivity index (χ0v) is 23.0. The second kappa shape index (κ2) is 11.2. The first-order valence-electron chi connectivity index (χ1n) is 12.0. The molecule has 3 unspecified atom stereocenters. The van der Waals surface area contributed by atoms with Gasteiger partial charge in [-0.1, -0.05) is 59.3 Å². The van der Waals surface area contributed by atoms with Crippen molar-refractivity contribution in [2.45, 2.75) is 41.0 Å². The molecule has 0 spiro atoms. The molecule has 39 heavy (non-hydrogen) atoms. The molecule has 13 heteroatoms. The molecule has 2 aromatic heterocycles. The van der Waals surface area contributed by atoms with Crippen molar-refractivity contribution in [2.24, 2.45) is 0 Å². The van der Waals surface area contributed by atoms with Crippen LogP contribution in [0.25, 0.3) is 16.2 Å². The molecule has 4 aromatic rings. The van der Waals surface area contributed by atoms with E-state index in [0.717, 1.165) is 5.56 Å². The van der Waals surface area contributed by atoms with Crippen LogP contribution in [0.4, 0.5) is 10.8 Å². The molecule has 0 radical (unpaired) electrons. The number of hydrogen-bond donors (Lipinski definition) is 1. The lowest BCUT2D eigenvalue weighted by Gasteiger charge is -2.48. The highest BCUT2D eigenvalue weighted by Crippen LogP contribution is 2.46. The van der Waals surface area contributed by atoms with Crippen molar-refractivity contribution in [3.63, 3.8) is 0 Å². The largest absolute Gasteiger partial charge is 0.375 e. The van der Waals surface area contributed by atoms with Crippen molar-refractivity contribution >= 4 is 45.5 Å². The number of benzene rings is 2. The van der Waals surface area contributed by atoms with Crippen LogP contribution in [0.2, 0.25) is 5.02 Å². The van der Waals surface area contributed by atoms with Gasteiger partial charge >= 0.3 is 0 Å². The predicted octanol–water partition coefficient (Wildman–Crippen LogP) is 5.38. The van der Waals surface area contributed by atoms with Crippen LogP contribution in [-0.2, 0) is 18.9 Å². The lowest BCUT2D eigenvalue weighted by atomic mass is 9.95. The standard InChI is InChI=1S/C26H23ClN6O4S2/c1-29-16-9-8-15(27)10-20(16)39-25-23(34-2)21(33-11-17(31-32-33)18-13-38-26(28)30-18)22-19(36-25)12-35-24(37-22)14-6-4-3-5-7-14/h3-11,13,19,21-25H,12H2,2H3,(H2,28,30)/t19?,21-,22-,23?,24?,25+/m0/s1. The zero-order valence-electron chi connectivity index (χ0n) is 20.6. The summed E-state index contributed by atoms with van der Waals surface area (Å²) in [7, 11) is 1.62. The molecule has 4 heterocycles. The normalized spacial score (nSPS) is 26.6. The van der Waals surface area contributed by atoms with Crippen LogP contribution < -0.4 is 5.73 Å². The summed E-state index contributed by atoms with van der Waals surface area (Å²) in [5.74, 6) is 0. The topological polar surface area (TPSA) is 111 Å². The second-order valence-corrected chi connectivity index (χ2v) is 11.4. The average molecular weight is 583 g/mol. The fraction of sp³-hybridized carbons (Fsp3) is 0.308. The van der Waals surface area contributed by atoms with E-state index in [2.05, 4.69) is 20.1 Å². The monoisotopic (exact) mass is 582 g/mol. The summed E-state index contributed by atoms with van der Waals surface area (Å²) < 4.78 is 26.9. The van der Waals surface area contributed by atoms with E-state index in [-0.39, 0.29) is 0 Å². The minimum Gasteiger partial charge on any atom is -0.375 e. The third kappa shape index (κ3) is 5.27. The van der Waals surface area contributed by atoms with E-state index >= 15 is 0 Å². The smallest absolute Gasteiger partial charge is 0.200 e. The van der Waals surface area contributed by atoms with Gasteiger partial charge in [-0.15, -0.1) is 28.2 Å². The first kappa shape index (κ1) is 26.2. The highest BCUT2D eigenvalue weighted by molar-refractivity contribution is 8.00. The quantitative estimate of drug-likeness (QED) is 0.300. The number of hydrogen-bond acceptors (Lipinski definition) is 10. The van der Waals surface area contributed by atoms with Crippen LogP contribution in [0.3, 0.4) is 0 Å². The Hall–Kier alpha value is -3.02. The van der Waals surface area contributed by atoms with Crippen LogP contribution >= 0.6 is 34.7 Å². The molecule has 0 amide bonds. The number of thioether (sulfide) groups is 1. The van der Waals surface area contributed by atoms with Gasteiger partial charge < -0.3 is 24.7 Å². The number of thiazole rings is 1. The lowest BCUT2D eigenvalue weighted by molar-refractivity contribution is -0.308. The Balaban J connectivity index is 1.37. The Morgan fingerprint density at radius 2 is 2.05 bits per heavy atom. The van der Waals surface area contributed by atoms with Gasteiger partial charge in [0.25, 0.3) is 0 Å². The number of nitrogen functional groups attached to an aromatic ring is 1. The van der Waals surface area contributed by atoms with Crippen molar-refractivity contribution in [1.29, 1.82) is 0 Å². The second-order valence-electron chi connectivity index (χ2n) is 8.91. The van der Waals surface area contributed by atoms with Crippen molar-refractivity contribution in [3.05, 3.63) is 82.1 Å². The summed E-state index contributed by atoms with van der Waals surface area (Å²) in [5, 5.41) is 11.6. The van der Waals surface area contributed by atoms with Gasteiger partial charge in [-0.05, 0) is 6.07 Å². The van der Waals surface area contributed by atoms with E-state index in [0.29, 0.717) is 38.7 Å². The number of nitrogens with two attached hydrogens (primary N) is 1. The fourth-order valence-electron chi connectivity index (χ4n) is 4.74. The Bertz CT molecular complexity index is 1500. The van der Waals surface area contributed by atoms with E-state index < -0.39 is 36.1 Å². The van der Waals surface area contributed by atoms with Gasteiger partial charge in [-0.2, -0.15) is 0 Å². The molecule has 2 aliphatic rings. The molecule has 0 saturated carbocycles. The van der Waals surface area contributed by atoms with Crippen molar-refractivity contribution < 1.29 is 18.9 Å². The summed E-state index contributed by atoms with van der Waals surface area (Å²) in [6.45, 7) is 7.89. The number of methoxy groups -OCH3 is 1. The third-order valence-corrected chi connectivity index (χ3v) is 8.64. The Morgan fingerprint density at radius 3 is 2.79 bits per heavy atom. The van der Waals surface area contributed by atoms with E-state index in [1.165, 1.54) is 23.1 Å². The summed E-state index contributed by atoms with van der Waals surface area (Å²) in [5.41, 5.74) is 7.92. The molecule has 0 aliphatic carbocycles. The van der Waals surface area contributed by atoms with Crippen LogP contribution in [0, 0.1) is 6.57 Å². The van der Waals surface area contributed by atoms with Crippen LogP contribution in [0.1, 0.15) is 17.9 Å². The highest BCUT2D eigenvalue weighted by Gasteiger charge is 2.52. The Labute approximate surface area is 237 Å². The lowest BCUT2D eigenvalue weighted by Crippen LogP contribution is -2.59. The number of halogens is 1.